The van der Waals surface area contributed by atoms with Crippen LogP contribution in [0.1, 0.15) is 11.1 Å². The van der Waals surface area contributed by atoms with Crippen molar-refractivity contribution >= 4 is 11.0 Å². The zero-order chi connectivity index (χ0) is 19.1. The number of halogens is 4. The molecule has 136 valence electrons. The van der Waals surface area contributed by atoms with Crippen LogP contribution in [0.2, 0.25) is 0 Å². The van der Waals surface area contributed by atoms with Crippen molar-refractivity contribution in [1.82, 2.24) is 9.71 Å². The van der Waals surface area contributed by atoms with E-state index in [1.807, 2.05) is 0 Å². The third-order valence-corrected chi connectivity index (χ3v) is 4.36. The minimum atomic E-state index is -0.887. The zero-order valence-corrected chi connectivity index (χ0v) is 13.8. The molecule has 1 N–H and O–H groups in total. The number of imidazole rings is 1. The molecule has 0 saturated heterocycles. The Labute approximate surface area is 151 Å². The van der Waals surface area contributed by atoms with Crippen molar-refractivity contribution in [3.05, 3.63) is 89.0 Å². The van der Waals surface area contributed by atoms with Gasteiger partial charge in [-0.3, -0.25) is 0 Å². The van der Waals surface area contributed by atoms with E-state index in [-0.39, 0.29) is 28.8 Å². The number of nitrogens with zero attached hydrogens (tertiary/aromatic N) is 2. The Hall–Kier alpha value is -3.35. The summed E-state index contributed by atoms with van der Waals surface area (Å²) in [6, 6.07) is 11.5. The summed E-state index contributed by atoms with van der Waals surface area (Å²) in [7, 11) is 0. The summed E-state index contributed by atoms with van der Waals surface area (Å²) in [5.41, 5.74) is 0.125. The molecule has 7 heteroatoms. The molecule has 0 atom stereocenters. The van der Waals surface area contributed by atoms with Crippen LogP contribution >= 0.6 is 0 Å². The first-order valence-electron chi connectivity index (χ1n) is 8.04. The molecule has 0 spiro atoms. The highest BCUT2D eigenvalue weighted by molar-refractivity contribution is 5.83. The van der Waals surface area contributed by atoms with E-state index in [2.05, 4.69) is 4.98 Å². The Morgan fingerprint density at radius 1 is 0.778 bits per heavy atom. The lowest BCUT2D eigenvalue weighted by atomic mass is 10.0. The molecular formula is C20H12F4N2O. The number of hydrogen-bond donors (Lipinski definition) is 1. The van der Waals surface area contributed by atoms with Gasteiger partial charge >= 0.3 is 0 Å². The summed E-state index contributed by atoms with van der Waals surface area (Å²) < 4.78 is 56.7. The van der Waals surface area contributed by atoms with E-state index in [1.165, 1.54) is 18.2 Å². The second-order valence-electron chi connectivity index (χ2n) is 6.01. The molecule has 0 bridgehead atoms. The van der Waals surface area contributed by atoms with Gasteiger partial charge in [0.15, 0.2) is 5.82 Å². The van der Waals surface area contributed by atoms with E-state index in [0.717, 1.165) is 24.3 Å². The lowest BCUT2D eigenvalue weighted by molar-refractivity contribution is 0.202. The highest BCUT2D eigenvalue weighted by Gasteiger charge is 2.21. The molecule has 0 saturated carbocycles. The predicted molar refractivity (Wildman–Crippen MR) is 91.4 cm³/mol. The van der Waals surface area contributed by atoms with Gasteiger partial charge in [-0.25, -0.2) is 22.5 Å². The molecule has 27 heavy (non-hydrogen) atoms. The largest absolute Gasteiger partial charge is 0.426 e. The molecule has 0 aliphatic heterocycles. The maximum Gasteiger partial charge on any atom is 0.182 e. The average molecular weight is 372 g/mol. The van der Waals surface area contributed by atoms with Gasteiger partial charge < -0.3 is 5.21 Å². The van der Waals surface area contributed by atoms with Gasteiger partial charge in [-0.05, 0) is 35.9 Å². The van der Waals surface area contributed by atoms with Crippen LogP contribution in [0.25, 0.3) is 22.4 Å². The molecule has 0 radical (unpaired) electrons. The minimum absolute atomic E-state index is 0.133. The van der Waals surface area contributed by atoms with E-state index in [1.54, 1.807) is 12.1 Å². The Morgan fingerprint density at radius 3 is 1.96 bits per heavy atom. The standard InChI is InChI=1S/C20H12F4N2O/c21-13-5-2-6-14(22)12(13)10-11-4-1-9-17-19(11)25-20(26(17)27)18-15(23)7-3-8-16(18)24/h1-9,27H,10H2. The molecule has 1 heterocycles. The number of fused-ring (bicyclic) bond motifs is 1. The third kappa shape index (κ3) is 2.81. The lowest BCUT2D eigenvalue weighted by Crippen LogP contribution is -1.99. The monoisotopic (exact) mass is 372 g/mol. The Kier molecular flexibility index (Phi) is 4.07. The normalized spacial score (nSPS) is 11.3. The van der Waals surface area contributed by atoms with Crippen LogP contribution in [0.15, 0.2) is 54.6 Å². The van der Waals surface area contributed by atoms with Gasteiger partial charge in [0.1, 0.15) is 28.8 Å². The number of benzene rings is 3. The first kappa shape index (κ1) is 17.1. The van der Waals surface area contributed by atoms with Crippen LogP contribution in [0.4, 0.5) is 17.6 Å². The van der Waals surface area contributed by atoms with Crippen molar-refractivity contribution < 1.29 is 22.8 Å². The molecule has 0 unspecified atom stereocenters. The highest BCUT2D eigenvalue weighted by Crippen LogP contribution is 2.30. The van der Waals surface area contributed by atoms with Gasteiger partial charge in [0.2, 0.25) is 0 Å². The summed E-state index contributed by atoms with van der Waals surface area (Å²) in [4.78, 5) is 4.15. The first-order chi connectivity index (χ1) is 13.0. The molecule has 4 aromatic rings. The van der Waals surface area contributed by atoms with Gasteiger partial charge in [-0.2, -0.15) is 4.73 Å². The molecule has 3 nitrogen and oxygen atoms in total. The predicted octanol–water partition coefficient (Wildman–Crippen LogP) is 5.09. The summed E-state index contributed by atoms with van der Waals surface area (Å²) in [6.07, 6.45) is -0.133. The van der Waals surface area contributed by atoms with Crippen molar-refractivity contribution in [3.8, 4) is 11.4 Å². The van der Waals surface area contributed by atoms with Gasteiger partial charge in [-0.15, -0.1) is 0 Å². The lowest BCUT2D eigenvalue weighted by Gasteiger charge is -2.06. The van der Waals surface area contributed by atoms with Crippen LogP contribution in [-0.2, 0) is 6.42 Å². The van der Waals surface area contributed by atoms with Crippen molar-refractivity contribution in [2.75, 3.05) is 0 Å². The zero-order valence-electron chi connectivity index (χ0n) is 13.8. The fourth-order valence-electron chi connectivity index (χ4n) is 3.05. The molecular weight excluding hydrogens is 360 g/mol. The van der Waals surface area contributed by atoms with E-state index >= 15 is 0 Å². The molecule has 3 aromatic carbocycles. The van der Waals surface area contributed by atoms with Crippen molar-refractivity contribution in [1.29, 1.82) is 0 Å². The van der Waals surface area contributed by atoms with E-state index in [9.17, 15) is 22.8 Å². The van der Waals surface area contributed by atoms with Crippen LogP contribution in [0.3, 0.4) is 0 Å². The Bertz CT molecular complexity index is 1130. The van der Waals surface area contributed by atoms with Gasteiger partial charge in [0, 0.05) is 12.0 Å². The number of aromatic nitrogens is 2. The van der Waals surface area contributed by atoms with Gasteiger partial charge in [0.25, 0.3) is 0 Å². The summed E-state index contributed by atoms with van der Waals surface area (Å²) in [6.45, 7) is 0. The van der Waals surface area contributed by atoms with E-state index in [0.29, 0.717) is 10.3 Å². The van der Waals surface area contributed by atoms with E-state index < -0.39 is 28.8 Å². The van der Waals surface area contributed by atoms with Crippen molar-refractivity contribution in [2.45, 2.75) is 6.42 Å². The third-order valence-electron chi connectivity index (χ3n) is 4.36. The molecule has 0 aliphatic rings. The fourth-order valence-corrected chi connectivity index (χ4v) is 3.05. The van der Waals surface area contributed by atoms with Gasteiger partial charge in [-0.1, -0.05) is 24.3 Å². The maximum atomic E-state index is 14.1. The van der Waals surface area contributed by atoms with Crippen molar-refractivity contribution in [2.24, 2.45) is 0 Å². The van der Waals surface area contributed by atoms with Crippen LogP contribution in [-0.4, -0.2) is 14.9 Å². The Morgan fingerprint density at radius 2 is 1.33 bits per heavy atom. The van der Waals surface area contributed by atoms with Crippen LogP contribution in [0.5, 0.6) is 0 Å². The van der Waals surface area contributed by atoms with Crippen LogP contribution in [0, 0.1) is 23.3 Å². The second kappa shape index (κ2) is 6.42. The number of para-hydroxylation sites is 1. The second-order valence-corrected chi connectivity index (χ2v) is 6.01. The quantitative estimate of drug-likeness (QED) is 0.402. The van der Waals surface area contributed by atoms with Crippen molar-refractivity contribution in [3.63, 3.8) is 0 Å². The summed E-state index contributed by atoms with van der Waals surface area (Å²) in [5, 5.41) is 10.4. The average Bonchev–Trinajstić information content (AvgIpc) is 2.96. The highest BCUT2D eigenvalue weighted by atomic mass is 19.1. The van der Waals surface area contributed by atoms with E-state index in [4.69, 9.17) is 0 Å². The fraction of sp³-hybridized carbons (Fsp3) is 0.0500. The molecule has 0 amide bonds. The summed E-state index contributed by atoms with van der Waals surface area (Å²) >= 11 is 0. The first-order valence-corrected chi connectivity index (χ1v) is 8.04. The number of hydrogen-bond acceptors (Lipinski definition) is 2. The summed E-state index contributed by atoms with van der Waals surface area (Å²) in [5.74, 6) is -3.53. The molecule has 0 aliphatic carbocycles. The van der Waals surface area contributed by atoms with Gasteiger partial charge in [0.05, 0.1) is 11.1 Å². The topological polar surface area (TPSA) is 38.0 Å². The molecule has 1 aromatic heterocycles. The number of rotatable bonds is 3. The Balaban J connectivity index is 1.90. The minimum Gasteiger partial charge on any atom is -0.426 e. The SMILES string of the molecule is On1c(-c2c(F)cccc2F)nc2c(Cc3c(F)cccc3F)cccc21. The van der Waals surface area contributed by atoms with Crippen LogP contribution < -0.4 is 0 Å². The smallest absolute Gasteiger partial charge is 0.182 e. The molecule has 4 rings (SSSR count). The molecule has 0 fully saturated rings. The maximum absolute atomic E-state index is 14.1.